The summed E-state index contributed by atoms with van der Waals surface area (Å²) in [6.45, 7) is 5.63. The summed E-state index contributed by atoms with van der Waals surface area (Å²) in [5.74, 6) is 0.463. The van der Waals surface area contributed by atoms with E-state index >= 15 is 0 Å². The fourth-order valence-electron chi connectivity index (χ4n) is 5.05. The van der Waals surface area contributed by atoms with E-state index in [1.54, 1.807) is 0 Å². The Morgan fingerprint density at radius 3 is 2.77 bits per heavy atom. The molecule has 5 heterocycles. The van der Waals surface area contributed by atoms with Crippen LogP contribution >= 0.6 is 0 Å². The first kappa shape index (κ1) is 20.1. The molecule has 0 unspecified atom stereocenters. The van der Waals surface area contributed by atoms with Crippen LogP contribution in [0.3, 0.4) is 0 Å². The molecule has 2 bridgehead atoms. The van der Waals surface area contributed by atoms with Gasteiger partial charge < -0.3 is 18.9 Å². The van der Waals surface area contributed by atoms with E-state index in [9.17, 15) is 9.59 Å². The molecular formula is C22H27N5O4. The Morgan fingerprint density at radius 2 is 1.97 bits per heavy atom. The lowest BCUT2D eigenvalue weighted by Crippen LogP contribution is -2.50. The summed E-state index contributed by atoms with van der Waals surface area (Å²) in [5, 5.41) is 0. The lowest BCUT2D eigenvalue weighted by molar-refractivity contribution is 0.0338. The molecule has 9 nitrogen and oxygen atoms in total. The van der Waals surface area contributed by atoms with Gasteiger partial charge in [-0.05, 0) is 18.4 Å². The molecule has 0 spiro atoms. The van der Waals surface area contributed by atoms with Gasteiger partial charge in [-0.25, -0.2) is 9.97 Å². The number of fused-ring (bicyclic) bond motifs is 4. The standard InChI is InChI=1S/C22H27N5O4/c1-30-20-19(23-4-5-24-20)22(29)26-11-15-10-17(14-26)18-3-2-16(21(28)27(18)12-15)13-25-6-8-31-9-7-25/h2-5,15,17H,6-14H2,1H3/t15-,17+/m0/s1. The number of aromatic nitrogens is 3. The summed E-state index contributed by atoms with van der Waals surface area (Å²) in [5.41, 5.74) is 2.20. The maximum absolute atomic E-state index is 13.2. The van der Waals surface area contributed by atoms with Crippen LogP contribution in [-0.4, -0.2) is 76.7 Å². The van der Waals surface area contributed by atoms with Crippen molar-refractivity contribution in [3.8, 4) is 5.88 Å². The molecule has 2 aromatic rings. The van der Waals surface area contributed by atoms with E-state index in [4.69, 9.17) is 9.47 Å². The number of morpholine rings is 1. The van der Waals surface area contributed by atoms with Gasteiger partial charge in [0.15, 0.2) is 5.69 Å². The summed E-state index contributed by atoms with van der Waals surface area (Å²) in [6, 6.07) is 4.05. The zero-order valence-electron chi connectivity index (χ0n) is 17.7. The molecule has 0 saturated carbocycles. The van der Waals surface area contributed by atoms with Gasteiger partial charge in [0, 0.05) is 68.8 Å². The molecule has 9 heteroatoms. The van der Waals surface area contributed by atoms with Crippen LogP contribution in [0, 0.1) is 5.92 Å². The number of methoxy groups -OCH3 is 1. The van der Waals surface area contributed by atoms with Crippen LogP contribution in [0.2, 0.25) is 0 Å². The average Bonchev–Trinajstić information content (AvgIpc) is 2.81. The molecule has 0 radical (unpaired) electrons. The van der Waals surface area contributed by atoms with E-state index < -0.39 is 0 Å². The van der Waals surface area contributed by atoms with Crippen molar-refractivity contribution in [2.75, 3.05) is 46.5 Å². The van der Waals surface area contributed by atoms with E-state index in [0.29, 0.717) is 26.2 Å². The van der Waals surface area contributed by atoms with Gasteiger partial charge in [0.1, 0.15) is 0 Å². The maximum atomic E-state index is 13.2. The minimum absolute atomic E-state index is 0.106. The highest BCUT2D eigenvalue weighted by Gasteiger charge is 2.38. The molecule has 2 atom stereocenters. The van der Waals surface area contributed by atoms with Crippen LogP contribution in [-0.2, 0) is 17.8 Å². The van der Waals surface area contributed by atoms with Crippen molar-refractivity contribution < 1.29 is 14.3 Å². The quantitative estimate of drug-likeness (QED) is 0.714. The van der Waals surface area contributed by atoms with E-state index in [0.717, 1.165) is 44.0 Å². The number of nitrogens with zero attached hydrogens (tertiary/aromatic N) is 5. The van der Waals surface area contributed by atoms with Crippen molar-refractivity contribution >= 4 is 5.91 Å². The van der Waals surface area contributed by atoms with Gasteiger partial charge in [0.05, 0.1) is 20.3 Å². The monoisotopic (exact) mass is 425 g/mol. The molecule has 0 aromatic carbocycles. The molecule has 31 heavy (non-hydrogen) atoms. The second kappa shape index (κ2) is 8.39. The molecular weight excluding hydrogens is 398 g/mol. The van der Waals surface area contributed by atoms with Gasteiger partial charge in [-0.3, -0.25) is 14.5 Å². The summed E-state index contributed by atoms with van der Waals surface area (Å²) < 4.78 is 12.6. The first-order valence-electron chi connectivity index (χ1n) is 10.8. The van der Waals surface area contributed by atoms with Gasteiger partial charge >= 0.3 is 0 Å². The largest absolute Gasteiger partial charge is 0.479 e. The number of pyridine rings is 1. The third-order valence-corrected chi connectivity index (χ3v) is 6.53. The van der Waals surface area contributed by atoms with E-state index in [2.05, 4.69) is 20.9 Å². The second-order valence-electron chi connectivity index (χ2n) is 8.51. The summed E-state index contributed by atoms with van der Waals surface area (Å²) >= 11 is 0. The van der Waals surface area contributed by atoms with Gasteiger partial charge in [-0.1, -0.05) is 6.07 Å². The number of likely N-dealkylation sites (tertiary alicyclic amines) is 1. The molecule has 3 aliphatic heterocycles. The fourth-order valence-corrected chi connectivity index (χ4v) is 5.05. The third-order valence-electron chi connectivity index (χ3n) is 6.53. The first-order chi connectivity index (χ1) is 15.1. The van der Waals surface area contributed by atoms with Crippen molar-refractivity contribution in [1.82, 2.24) is 24.3 Å². The normalized spacial score (nSPS) is 23.3. The highest BCUT2D eigenvalue weighted by molar-refractivity contribution is 5.94. The predicted octanol–water partition coefficient (Wildman–Crippen LogP) is 0.739. The van der Waals surface area contributed by atoms with Crippen molar-refractivity contribution in [2.45, 2.75) is 25.4 Å². The van der Waals surface area contributed by atoms with Gasteiger partial charge in [-0.15, -0.1) is 0 Å². The van der Waals surface area contributed by atoms with E-state index in [1.165, 1.54) is 19.5 Å². The van der Waals surface area contributed by atoms with Crippen molar-refractivity contribution in [3.05, 3.63) is 51.8 Å². The highest BCUT2D eigenvalue weighted by Crippen LogP contribution is 2.36. The Balaban J connectivity index is 1.37. The van der Waals surface area contributed by atoms with Gasteiger partial charge in [-0.2, -0.15) is 0 Å². The van der Waals surface area contributed by atoms with Crippen LogP contribution in [0.1, 0.15) is 34.1 Å². The van der Waals surface area contributed by atoms with Crippen LogP contribution in [0.15, 0.2) is 29.3 Å². The lowest BCUT2D eigenvalue weighted by Gasteiger charge is -2.42. The molecule has 0 N–H and O–H groups in total. The van der Waals surface area contributed by atoms with E-state index in [-0.39, 0.29) is 34.9 Å². The fraction of sp³-hybridized carbons (Fsp3) is 0.545. The van der Waals surface area contributed by atoms with Crippen molar-refractivity contribution in [1.29, 1.82) is 0 Å². The Bertz CT molecular complexity index is 1030. The zero-order valence-corrected chi connectivity index (χ0v) is 17.7. The molecule has 5 rings (SSSR count). The second-order valence-corrected chi connectivity index (χ2v) is 8.51. The SMILES string of the molecule is COc1nccnc1C(=O)N1C[C@@H]2C[C@H](C1)c1ccc(CN3CCOCC3)c(=O)n1C2. The highest BCUT2D eigenvalue weighted by atomic mass is 16.5. The van der Waals surface area contributed by atoms with Crippen LogP contribution in [0.4, 0.5) is 0 Å². The summed E-state index contributed by atoms with van der Waals surface area (Å²) in [6.07, 6.45) is 4.01. The minimum atomic E-state index is -0.167. The van der Waals surface area contributed by atoms with Gasteiger partial charge in [0.2, 0.25) is 5.88 Å². The van der Waals surface area contributed by atoms with Crippen LogP contribution < -0.4 is 10.3 Å². The maximum Gasteiger partial charge on any atom is 0.278 e. The smallest absolute Gasteiger partial charge is 0.278 e. The molecule has 2 aromatic heterocycles. The van der Waals surface area contributed by atoms with Crippen LogP contribution in [0.5, 0.6) is 5.88 Å². The molecule has 2 fully saturated rings. The molecule has 164 valence electrons. The van der Waals surface area contributed by atoms with Crippen molar-refractivity contribution in [3.63, 3.8) is 0 Å². The number of rotatable bonds is 4. The first-order valence-corrected chi connectivity index (χ1v) is 10.8. The lowest BCUT2D eigenvalue weighted by atomic mass is 9.83. The number of carbonyl (C=O) groups is 1. The molecule has 3 aliphatic rings. The molecule has 1 amide bonds. The number of hydrogen-bond acceptors (Lipinski definition) is 7. The number of hydrogen-bond donors (Lipinski definition) is 0. The molecule has 0 aliphatic carbocycles. The average molecular weight is 425 g/mol. The Kier molecular flexibility index (Phi) is 5.45. The summed E-state index contributed by atoms with van der Waals surface area (Å²) in [4.78, 5) is 38.8. The Hall–Kier alpha value is -2.78. The molecule has 2 saturated heterocycles. The number of carbonyl (C=O) groups excluding carboxylic acids is 1. The van der Waals surface area contributed by atoms with Crippen LogP contribution in [0.25, 0.3) is 0 Å². The predicted molar refractivity (Wildman–Crippen MR) is 112 cm³/mol. The number of ether oxygens (including phenoxy) is 2. The van der Waals surface area contributed by atoms with E-state index in [1.807, 2.05) is 15.5 Å². The number of piperidine rings is 1. The topological polar surface area (TPSA) is 89.8 Å². The van der Waals surface area contributed by atoms with Crippen molar-refractivity contribution in [2.24, 2.45) is 5.92 Å². The third kappa shape index (κ3) is 3.83. The number of amides is 1. The Labute approximate surface area is 180 Å². The summed E-state index contributed by atoms with van der Waals surface area (Å²) in [7, 11) is 1.49. The zero-order chi connectivity index (χ0) is 21.4. The van der Waals surface area contributed by atoms with Gasteiger partial charge in [0.25, 0.3) is 11.5 Å². The minimum Gasteiger partial charge on any atom is -0.479 e. The Morgan fingerprint density at radius 1 is 1.16 bits per heavy atom.